The van der Waals surface area contributed by atoms with Crippen LogP contribution in [0, 0.1) is 0 Å². The van der Waals surface area contributed by atoms with Crippen molar-refractivity contribution in [3.63, 3.8) is 0 Å². The molecule has 2 aliphatic rings. The van der Waals surface area contributed by atoms with Gasteiger partial charge in [-0.15, -0.1) is 0 Å². The Balaban J connectivity index is 1.55. The highest BCUT2D eigenvalue weighted by Gasteiger charge is 2.39. The summed E-state index contributed by atoms with van der Waals surface area (Å²) in [5, 5.41) is 0. The number of hydrogen-bond donors (Lipinski definition) is 0. The number of hydrogen-bond acceptors (Lipinski definition) is 5. The zero-order valence-electron chi connectivity index (χ0n) is 15.7. The van der Waals surface area contributed by atoms with Crippen LogP contribution >= 0.6 is 0 Å². The summed E-state index contributed by atoms with van der Waals surface area (Å²) in [7, 11) is 1.62. The smallest absolute Gasteiger partial charge is 0.256 e. The Bertz CT molecular complexity index is 924. The molecule has 1 unspecified atom stereocenters. The minimum atomic E-state index is -0.182. The van der Waals surface area contributed by atoms with E-state index in [-0.39, 0.29) is 17.5 Å². The van der Waals surface area contributed by atoms with Crippen LogP contribution in [0.15, 0.2) is 35.4 Å². The van der Waals surface area contributed by atoms with Crippen LogP contribution in [0.4, 0.5) is 5.69 Å². The number of benzene rings is 1. The van der Waals surface area contributed by atoms with E-state index in [2.05, 4.69) is 9.88 Å². The second-order valence-corrected chi connectivity index (χ2v) is 6.95. The molecular formula is C20H24N4O3. The van der Waals surface area contributed by atoms with Gasteiger partial charge in [-0.25, -0.2) is 4.98 Å². The molecule has 1 aromatic carbocycles. The van der Waals surface area contributed by atoms with Crippen LogP contribution in [0.5, 0.6) is 5.75 Å². The number of nitrogens with zero attached hydrogens (tertiary/aromatic N) is 4. The average molecular weight is 368 g/mol. The Morgan fingerprint density at radius 3 is 2.81 bits per heavy atom. The first-order valence-electron chi connectivity index (χ1n) is 9.39. The van der Waals surface area contributed by atoms with Gasteiger partial charge < -0.3 is 9.64 Å². The molecular weight excluding hydrogens is 344 g/mol. The minimum absolute atomic E-state index is 0.0514. The molecule has 2 aromatic rings. The van der Waals surface area contributed by atoms with Crippen LogP contribution < -0.4 is 15.2 Å². The van der Waals surface area contributed by atoms with Crippen molar-refractivity contribution in [2.75, 3.05) is 25.1 Å². The van der Waals surface area contributed by atoms with Crippen molar-refractivity contribution >= 4 is 11.6 Å². The van der Waals surface area contributed by atoms with Crippen molar-refractivity contribution < 1.29 is 9.53 Å². The van der Waals surface area contributed by atoms with Gasteiger partial charge in [-0.05, 0) is 31.9 Å². The van der Waals surface area contributed by atoms with Crippen molar-refractivity contribution in [1.82, 2.24) is 14.5 Å². The van der Waals surface area contributed by atoms with Gasteiger partial charge in [0.25, 0.3) is 5.56 Å². The zero-order chi connectivity index (χ0) is 19.0. The van der Waals surface area contributed by atoms with Crippen LogP contribution in [-0.2, 0) is 24.3 Å². The number of aromatic nitrogens is 2. The van der Waals surface area contributed by atoms with E-state index in [9.17, 15) is 9.59 Å². The van der Waals surface area contributed by atoms with Crippen LogP contribution in [0.1, 0.15) is 24.6 Å². The largest absolute Gasteiger partial charge is 0.495 e. The molecule has 1 atom stereocenters. The Morgan fingerprint density at radius 1 is 1.22 bits per heavy atom. The van der Waals surface area contributed by atoms with Crippen molar-refractivity contribution in [1.29, 1.82) is 0 Å². The zero-order valence-corrected chi connectivity index (χ0v) is 15.7. The van der Waals surface area contributed by atoms with Gasteiger partial charge in [0.2, 0.25) is 5.91 Å². The molecule has 2 aliphatic heterocycles. The number of amides is 1. The molecule has 7 heteroatoms. The molecule has 1 aromatic heterocycles. The number of carbonyl (C=O) groups excluding carboxylic acids is 1. The van der Waals surface area contributed by atoms with Crippen molar-refractivity contribution in [3.05, 3.63) is 52.2 Å². The van der Waals surface area contributed by atoms with Gasteiger partial charge in [0.15, 0.2) is 0 Å². The second-order valence-electron chi connectivity index (χ2n) is 6.95. The van der Waals surface area contributed by atoms with E-state index in [0.717, 1.165) is 23.4 Å². The van der Waals surface area contributed by atoms with Crippen LogP contribution in [0.25, 0.3) is 0 Å². The lowest BCUT2D eigenvalue weighted by atomic mass is 10.0. The summed E-state index contributed by atoms with van der Waals surface area (Å²) in [5.41, 5.74) is 2.46. The minimum Gasteiger partial charge on any atom is -0.495 e. The molecule has 1 saturated heterocycles. The van der Waals surface area contributed by atoms with Crippen molar-refractivity contribution in [2.24, 2.45) is 0 Å². The predicted octanol–water partition coefficient (Wildman–Crippen LogP) is 1.44. The van der Waals surface area contributed by atoms with Gasteiger partial charge in [-0.1, -0.05) is 12.1 Å². The highest BCUT2D eigenvalue weighted by Crippen LogP contribution is 2.33. The summed E-state index contributed by atoms with van der Waals surface area (Å²) < 4.78 is 7.05. The van der Waals surface area contributed by atoms with Crippen LogP contribution in [0.2, 0.25) is 0 Å². The lowest BCUT2D eigenvalue weighted by Crippen LogP contribution is -2.46. The number of fused-ring (bicyclic) bond motifs is 1. The summed E-state index contributed by atoms with van der Waals surface area (Å²) in [4.78, 5) is 34.0. The Hall–Kier alpha value is -2.67. The first kappa shape index (κ1) is 17.7. The number of para-hydroxylation sites is 2. The van der Waals surface area contributed by atoms with Crippen LogP contribution in [0.3, 0.4) is 0 Å². The third kappa shape index (κ3) is 3.02. The molecule has 27 heavy (non-hydrogen) atoms. The van der Waals surface area contributed by atoms with E-state index in [0.29, 0.717) is 38.3 Å². The maximum atomic E-state index is 13.1. The standard InChI is InChI=1S/C20H24N4O3/c1-3-22-13-21-15-12-23(10-8-14(15)19(22)25)17-9-11-24(20(17)26)16-6-4-5-7-18(16)27-2/h4-7,13,17H,3,8-12H2,1-2H3. The fraction of sp³-hybridized carbons (Fsp3) is 0.450. The Labute approximate surface area is 158 Å². The summed E-state index contributed by atoms with van der Waals surface area (Å²) in [6, 6.07) is 7.42. The maximum absolute atomic E-state index is 13.1. The predicted molar refractivity (Wildman–Crippen MR) is 102 cm³/mol. The normalized spacial score (nSPS) is 20.0. The van der Waals surface area contributed by atoms with E-state index in [1.165, 1.54) is 0 Å². The van der Waals surface area contributed by atoms with Gasteiger partial charge in [0.05, 0.1) is 30.9 Å². The fourth-order valence-electron chi connectivity index (χ4n) is 4.07. The molecule has 0 spiro atoms. The number of anilines is 1. The molecule has 142 valence electrons. The van der Waals surface area contributed by atoms with E-state index in [1.54, 1.807) is 18.0 Å². The average Bonchev–Trinajstić information content (AvgIpc) is 3.09. The van der Waals surface area contributed by atoms with Crippen LogP contribution in [-0.4, -0.2) is 46.6 Å². The lowest BCUT2D eigenvalue weighted by molar-refractivity contribution is -0.122. The summed E-state index contributed by atoms with van der Waals surface area (Å²) >= 11 is 0. The quantitative estimate of drug-likeness (QED) is 0.817. The third-order valence-electron chi connectivity index (χ3n) is 5.56. The molecule has 1 fully saturated rings. The molecule has 7 nitrogen and oxygen atoms in total. The number of carbonyl (C=O) groups is 1. The second kappa shape index (κ2) is 7.15. The van der Waals surface area contributed by atoms with E-state index in [4.69, 9.17) is 4.74 Å². The molecule has 0 radical (unpaired) electrons. The summed E-state index contributed by atoms with van der Waals surface area (Å²) in [5.74, 6) is 0.794. The number of methoxy groups -OCH3 is 1. The van der Waals surface area contributed by atoms with Crippen molar-refractivity contribution in [3.8, 4) is 5.75 Å². The first-order chi connectivity index (χ1) is 13.1. The molecule has 1 amide bonds. The van der Waals surface area contributed by atoms with Gasteiger partial charge in [0, 0.05) is 31.7 Å². The van der Waals surface area contributed by atoms with Gasteiger partial charge in [-0.3, -0.25) is 19.1 Å². The maximum Gasteiger partial charge on any atom is 0.256 e. The fourth-order valence-corrected chi connectivity index (χ4v) is 4.07. The molecule has 0 saturated carbocycles. The van der Waals surface area contributed by atoms with Crippen molar-refractivity contribution in [2.45, 2.75) is 38.9 Å². The van der Waals surface area contributed by atoms with Gasteiger partial charge in [0.1, 0.15) is 5.75 Å². The molecule has 0 aliphatic carbocycles. The number of rotatable bonds is 4. The van der Waals surface area contributed by atoms with E-state index >= 15 is 0 Å². The highest BCUT2D eigenvalue weighted by molar-refractivity contribution is 6.00. The monoisotopic (exact) mass is 368 g/mol. The third-order valence-corrected chi connectivity index (χ3v) is 5.56. The molecule has 0 N–H and O–H groups in total. The molecule has 4 rings (SSSR count). The Morgan fingerprint density at radius 2 is 2.04 bits per heavy atom. The molecule has 0 bridgehead atoms. The summed E-state index contributed by atoms with van der Waals surface area (Å²) in [6.07, 6.45) is 3.01. The first-order valence-corrected chi connectivity index (χ1v) is 9.39. The number of aryl methyl sites for hydroxylation is 1. The van der Waals surface area contributed by atoms with E-state index < -0.39 is 0 Å². The van der Waals surface area contributed by atoms with Gasteiger partial charge in [-0.2, -0.15) is 0 Å². The highest BCUT2D eigenvalue weighted by atomic mass is 16.5. The molecule has 3 heterocycles. The summed E-state index contributed by atoms with van der Waals surface area (Å²) in [6.45, 7) is 4.48. The lowest BCUT2D eigenvalue weighted by Gasteiger charge is -2.32. The van der Waals surface area contributed by atoms with E-state index in [1.807, 2.05) is 36.1 Å². The Kier molecular flexibility index (Phi) is 4.70. The SMILES string of the molecule is CCn1cnc2c(c1=O)CCN(C1CCN(c3ccccc3OC)C1=O)C2. The van der Waals surface area contributed by atoms with Gasteiger partial charge >= 0.3 is 0 Å². The topological polar surface area (TPSA) is 67.7 Å². The number of ether oxygens (including phenoxy) is 1.